The number of urea groups is 1. The van der Waals surface area contributed by atoms with Crippen LogP contribution in [0.25, 0.3) is 0 Å². The third kappa shape index (κ3) is 4.18. The zero-order chi connectivity index (χ0) is 16.8. The van der Waals surface area contributed by atoms with Crippen LogP contribution in [0.2, 0.25) is 0 Å². The summed E-state index contributed by atoms with van der Waals surface area (Å²) in [7, 11) is 1.76. The van der Waals surface area contributed by atoms with Crippen LogP contribution >= 0.6 is 0 Å². The number of benzene rings is 1. The van der Waals surface area contributed by atoms with Crippen molar-refractivity contribution in [3.8, 4) is 11.5 Å². The Morgan fingerprint density at radius 2 is 2.25 bits per heavy atom. The molecule has 2 aromatic rings. The number of hydrogen-bond acceptors (Lipinski definition) is 4. The molecule has 0 saturated carbocycles. The number of aryl methyl sites for hydroxylation is 1. The number of fused-ring (bicyclic) bond motifs is 1. The molecule has 0 spiro atoms. The quantitative estimate of drug-likeness (QED) is 0.820. The predicted octanol–water partition coefficient (Wildman–Crippen LogP) is 1.75. The third-order valence-corrected chi connectivity index (χ3v) is 3.82. The van der Waals surface area contributed by atoms with E-state index in [0.29, 0.717) is 19.7 Å². The SMILES string of the molecule is CN(C[C@@H]1COc2ccccc2O1)C(=O)NCCCn1ccnc1. The van der Waals surface area contributed by atoms with E-state index in [-0.39, 0.29) is 12.1 Å². The Labute approximate surface area is 141 Å². The zero-order valence-electron chi connectivity index (χ0n) is 13.7. The van der Waals surface area contributed by atoms with Crippen molar-refractivity contribution in [3.63, 3.8) is 0 Å². The molecule has 0 aliphatic carbocycles. The molecule has 0 saturated heterocycles. The van der Waals surface area contributed by atoms with Gasteiger partial charge in [0.15, 0.2) is 17.6 Å². The maximum absolute atomic E-state index is 12.1. The van der Waals surface area contributed by atoms with Gasteiger partial charge < -0.3 is 24.3 Å². The molecule has 1 aromatic heterocycles. The molecule has 0 unspecified atom stereocenters. The lowest BCUT2D eigenvalue weighted by molar-refractivity contribution is 0.0716. The summed E-state index contributed by atoms with van der Waals surface area (Å²) in [5.41, 5.74) is 0. The van der Waals surface area contributed by atoms with E-state index >= 15 is 0 Å². The summed E-state index contributed by atoms with van der Waals surface area (Å²) in [6, 6.07) is 7.45. The number of imidazole rings is 1. The van der Waals surface area contributed by atoms with Crippen molar-refractivity contribution >= 4 is 6.03 Å². The van der Waals surface area contributed by atoms with E-state index in [2.05, 4.69) is 10.3 Å². The maximum Gasteiger partial charge on any atom is 0.317 e. The van der Waals surface area contributed by atoms with Gasteiger partial charge in [-0.05, 0) is 18.6 Å². The van der Waals surface area contributed by atoms with E-state index in [0.717, 1.165) is 24.5 Å². The van der Waals surface area contributed by atoms with Crippen LogP contribution < -0.4 is 14.8 Å². The maximum atomic E-state index is 12.1. The summed E-state index contributed by atoms with van der Waals surface area (Å²) in [5.74, 6) is 1.48. The molecule has 0 radical (unpaired) electrons. The van der Waals surface area contributed by atoms with Crippen molar-refractivity contribution in [1.82, 2.24) is 19.8 Å². The van der Waals surface area contributed by atoms with Crippen LogP contribution in [0.4, 0.5) is 4.79 Å². The van der Waals surface area contributed by atoms with Gasteiger partial charge in [0.2, 0.25) is 0 Å². The second-order valence-corrected chi connectivity index (χ2v) is 5.76. The summed E-state index contributed by atoms with van der Waals surface area (Å²) in [6.07, 6.45) is 6.11. The van der Waals surface area contributed by atoms with Gasteiger partial charge in [0.25, 0.3) is 0 Å². The van der Waals surface area contributed by atoms with E-state index in [9.17, 15) is 4.79 Å². The lowest BCUT2D eigenvalue weighted by atomic mass is 10.2. The predicted molar refractivity (Wildman–Crippen MR) is 89.2 cm³/mol. The Morgan fingerprint density at radius 3 is 3.04 bits per heavy atom. The van der Waals surface area contributed by atoms with Crippen LogP contribution in [0.5, 0.6) is 11.5 Å². The fourth-order valence-corrected chi connectivity index (χ4v) is 2.55. The first kappa shape index (κ1) is 16.2. The molecule has 2 heterocycles. The molecule has 0 bridgehead atoms. The number of aromatic nitrogens is 2. The van der Waals surface area contributed by atoms with Crippen molar-refractivity contribution in [1.29, 1.82) is 0 Å². The van der Waals surface area contributed by atoms with Gasteiger partial charge in [-0.3, -0.25) is 0 Å². The molecule has 24 heavy (non-hydrogen) atoms. The fourth-order valence-electron chi connectivity index (χ4n) is 2.55. The first-order valence-electron chi connectivity index (χ1n) is 8.05. The van der Waals surface area contributed by atoms with Crippen molar-refractivity contribution in [2.24, 2.45) is 0 Å². The van der Waals surface area contributed by atoms with Gasteiger partial charge in [0, 0.05) is 32.5 Å². The highest BCUT2D eigenvalue weighted by Crippen LogP contribution is 2.30. The van der Waals surface area contributed by atoms with E-state index in [1.165, 1.54) is 0 Å². The van der Waals surface area contributed by atoms with Gasteiger partial charge in [0.1, 0.15) is 6.61 Å². The van der Waals surface area contributed by atoms with Gasteiger partial charge in [-0.15, -0.1) is 0 Å². The standard InChI is InChI=1S/C17H22N4O3/c1-20(17(22)19-7-4-9-21-10-8-18-13-21)11-14-12-23-15-5-2-3-6-16(15)24-14/h2-3,5-6,8,10,13-14H,4,7,9,11-12H2,1H3,(H,19,22)/t14-/m1/s1. The number of nitrogens with zero attached hydrogens (tertiary/aromatic N) is 3. The number of carbonyl (C=O) groups excluding carboxylic acids is 1. The third-order valence-electron chi connectivity index (χ3n) is 3.82. The molecule has 7 nitrogen and oxygen atoms in total. The lowest BCUT2D eigenvalue weighted by Gasteiger charge is -2.29. The molecule has 0 fully saturated rings. The summed E-state index contributed by atoms with van der Waals surface area (Å²) in [6.45, 7) is 2.36. The average Bonchev–Trinajstić information content (AvgIpc) is 3.12. The topological polar surface area (TPSA) is 68.6 Å². The number of nitrogens with one attached hydrogen (secondary N) is 1. The van der Waals surface area contributed by atoms with Crippen molar-refractivity contribution in [2.75, 3.05) is 26.7 Å². The highest BCUT2D eigenvalue weighted by Gasteiger charge is 2.23. The van der Waals surface area contributed by atoms with Crippen LogP contribution in [0, 0.1) is 0 Å². The van der Waals surface area contributed by atoms with Crippen molar-refractivity contribution in [2.45, 2.75) is 19.1 Å². The molecular weight excluding hydrogens is 308 g/mol. The fraction of sp³-hybridized carbons (Fsp3) is 0.412. The van der Waals surface area contributed by atoms with Crippen molar-refractivity contribution < 1.29 is 14.3 Å². The Balaban J connectivity index is 1.38. The zero-order valence-corrected chi connectivity index (χ0v) is 13.7. The molecule has 1 atom stereocenters. The van der Waals surface area contributed by atoms with Gasteiger partial charge in [-0.2, -0.15) is 0 Å². The number of hydrogen-bond donors (Lipinski definition) is 1. The Hall–Kier alpha value is -2.70. The van der Waals surface area contributed by atoms with Crippen LogP contribution in [0.1, 0.15) is 6.42 Å². The number of ether oxygens (including phenoxy) is 2. The van der Waals surface area contributed by atoms with E-state index in [4.69, 9.17) is 9.47 Å². The summed E-state index contributed by atoms with van der Waals surface area (Å²) < 4.78 is 13.5. The molecule has 1 N–H and O–H groups in total. The Bertz CT molecular complexity index is 660. The molecule has 2 amide bonds. The smallest absolute Gasteiger partial charge is 0.317 e. The second kappa shape index (κ2) is 7.72. The van der Waals surface area contributed by atoms with Gasteiger partial charge in [-0.25, -0.2) is 9.78 Å². The second-order valence-electron chi connectivity index (χ2n) is 5.76. The van der Waals surface area contributed by atoms with Crippen molar-refractivity contribution in [3.05, 3.63) is 43.0 Å². The Morgan fingerprint density at radius 1 is 1.42 bits per heavy atom. The summed E-state index contributed by atoms with van der Waals surface area (Å²) in [5, 5.41) is 2.91. The highest BCUT2D eigenvalue weighted by atomic mass is 16.6. The van der Waals surface area contributed by atoms with Gasteiger partial charge >= 0.3 is 6.03 Å². The average molecular weight is 330 g/mol. The molecule has 1 aliphatic heterocycles. The van der Waals surface area contributed by atoms with Gasteiger partial charge in [0.05, 0.1) is 12.9 Å². The number of carbonyl (C=O) groups is 1. The minimum Gasteiger partial charge on any atom is -0.486 e. The summed E-state index contributed by atoms with van der Waals surface area (Å²) >= 11 is 0. The normalized spacial score (nSPS) is 15.8. The molecule has 7 heteroatoms. The lowest BCUT2D eigenvalue weighted by Crippen LogP contribution is -2.45. The number of rotatable bonds is 6. The van der Waals surface area contributed by atoms with Gasteiger partial charge in [-0.1, -0.05) is 12.1 Å². The van der Waals surface area contributed by atoms with Crippen LogP contribution in [-0.4, -0.2) is 53.3 Å². The van der Waals surface area contributed by atoms with E-state index < -0.39 is 0 Å². The Kier molecular flexibility index (Phi) is 5.20. The molecular formula is C17H22N4O3. The molecule has 128 valence electrons. The molecule has 1 aliphatic rings. The van der Waals surface area contributed by atoms with E-state index in [1.807, 2.05) is 35.0 Å². The monoisotopic (exact) mass is 330 g/mol. The highest BCUT2D eigenvalue weighted by molar-refractivity contribution is 5.73. The van der Waals surface area contributed by atoms with Crippen LogP contribution in [0.15, 0.2) is 43.0 Å². The number of likely N-dealkylation sites (N-methyl/N-ethyl adjacent to an activating group) is 1. The van der Waals surface area contributed by atoms with E-state index in [1.54, 1.807) is 24.5 Å². The molecule has 1 aromatic carbocycles. The first-order chi connectivity index (χ1) is 11.7. The number of para-hydroxylation sites is 2. The van der Waals surface area contributed by atoms with Crippen LogP contribution in [0.3, 0.4) is 0 Å². The minimum atomic E-state index is -0.165. The van der Waals surface area contributed by atoms with Crippen LogP contribution in [-0.2, 0) is 6.54 Å². The largest absolute Gasteiger partial charge is 0.486 e. The number of amides is 2. The summed E-state index contributed by atoms with van der Waals surface area (Å²) in [4.78, 5) is 17.7. The molecule has 3 rings (SSSR count). The first-order valence-corrected chi connectivity index (χ1v) is 8.05. The minimum absolute atomic E-state index is 0.108.